The Morgan fingerprint density at radius 1 is 1.27 bits per heavy atom. The summed E-state index contributed by atoms with van der Waals surface area (Å²) < 4.78 is 4.78. The Morgan fingerprint density at radius 2 is 1.87 bits per heavy atom. The Bertz CT molecular complexity index is 270. The molecule has 1 fully saturated rings. The Labute approximate surface area is 92.0 Å². The van der Waals surface area contributed by atoms with Crippen molar-refractivity contribution in [1.29, 1.82) is 0 Å². The maximum absolute atomic E-state index is 11.5. The fraction of sp³-hybridized carbons (Fsp3) is 0.615. The van der Waals surface area contributed by atoms with E-state index in [4.69, 9.17) is 4.74 Å². The first-order chi connectivity index (χ1) is 7.16. The first kappa shape index (κ1) is 12.0. The predicted octanol–water partition coefficient (Wildman–Crippen LogP) is 3.59. The predicted molar refractivity (Wildman–Crippen MR) is 61.2 cm³/mol. The lowest BCUT2D eigenvalue weighted by Gasteiger charge is -2.23. The van der Waals surface area contributed by atoms with Crippen LogP contribution in [0, 0.1) is 5.92 Å². The zero-order valence-corrected chi connectivity index (χ0v) is 9.71. The molecule has 0 N–H and O–H groups in total. The van der Waals surface area contributed by atoms with Crippen molar-refractivity contribution in [2.45, 2.75) is 46.0 Å². The molecular weight excluding hydrogens is 188 g/mol. The normalized spacial score (nSPS) is 19.3. The molecule has 0 unspecified atom stereocenters. The Morgan fingerprint density at radius 3 is 2.40 bits per heavy atom. The molecule has 1 saturated carbocycles. The molecule has 0 amide bonds. The fourth-order valence-corrected chi connectivity index (χ4v) is 2.17. The summed E-state index contributed by atoms with van der Waals surface area (Å²) in [5, 5.41) is 0. The Hall–Kier alpha value is -1.05. The van der Waals surface area contributed by atoms with Crippen LogP contribution in [0.1, 0.15) is 46.0 Å². The van der Waals surface area contributed by atoms with Gasteiger partial charge in [0.1, 0.15) is 0 Å². The van der Waals surface area contributed by atoms with Gasteiger partial charge in [0.2, 0.25) is 0 Å². The van der Waals surface area contributed by atoms with Crippen molar-refractivity contribution in [2.75, 3.05) is 0 Å². The van der Waals surface area contributed by atoms with E-state index in [-0.39, 0.29) is 5.97 Å². The molecule has 2 nitrogen and oxygen atoms in total. The van der Waals surface area contributed by atoms with Gasteiger partial charge in [-0.15, -0.1) is 0 Å². The van der Waals surface area contributed by atoms with Crippen LogP contribution in [0.2, 0.25) is 0 Å². The molecule has 2 heteroatoms. The van der Waals surface area contributed by atoms with E-state index >= 15 is 0 Å². The number of esters is 1. The van der Waals surface area contributed by atoms with Gasteiger partial charge in [0, 0.05) is 5.57 Å². The van der Waals surface area contributed by atoms with Crippen LogP contribution in [0.15, 0.2) is 24.0 Å². The van der Waals surface area contributed by atoms with Crippen LogP contribution in [0.5, 0.6) is 0 Å². The summed E-state index contributed by atoms with van der Waals surface area (Å²) in [6.07, 6.45) is 7.52. The van der Waals surface area contributed by atoms with Gasteiger partial charge in [-0.05, 0) is 32.6 Å². The van der Waals surface area contributed by atoms with E-state index in [0.717, 1.165) is 5.57 Å². The van der Waals surface area contributed by atoms with Crippen LogP contribution < -0.4 is 0 Å². The highest BCUT2D eigenvalue weighted by atomic mass is 16.5. The minimum absolute atomic E-state index is 0.256. The standard InChI is InChI=1S/C13H20O2/c1-4-15-13(14)11(3)10(2)12-8-6-5-7-9-12/h4,12H,1,5-9H2,2-3H3. The molecule has 1 aliphatic rings. The minimum Gasteiger partial charge on any atom is -0.432 e. The van der Waals surface area contributed by atoms with Gasteiger partial charge in [-0.25, -0.2) is 4.79 Å². The summed E-state index contributed by atoms with van der Waals surface area (Å²) in [5.74, 6) is 0.323. The summed E-state index contributed by atoms with van der Waals surface area (Å²) >= 11 is 0. The third kappa shape index (κ3) is 3.22. The van der Waals surface area contributed by atoms with Gasteiger partial charge in [-0.2, -0.15) is 0 Å². The molecular formula is C13H20O2. The molecule has 15 heavy (non-hydrogen) atoms. The van der Waals surface area contributed by atoms with Crippen LogP contribution in [-0.4, -0.2) is 5.97 Å². The van der Waals surface area contributed by atoms with E-state index < -0.39 is 0 Å². The average molecular weight is 208 g/mol. The lowest BCUT2D eigenvalue weighted by atomic mass is 9.83. The van der Waals surface area contributed by atoms with Gasteiger partial charge in [0.05, 0.1) is 6.26 Å². The Kier molecular flexibility index (Phi) is 4.60. The minimum atomic E-state index is -0.256. The number of carbonyl (C=O) groups is 1. The summed E-state index contributed by atoms with van der Waals surface area (Å²) in [6.45, 7) is 7.28. The van der Waals surface area contributed by atoms with E-state index in [1.54, 1.807) is 0 Å². The Balaban J connectivity index is 2.68. The smallest absolute Gasteiger partial charge is 0.338 e. The quantitative estimate of drug-likeness (QED) is 0.402. The fourth-order valence-electron chi connectivity index (χ4n) is 2.17. The van der Waals surface area contributed by atoms with E-state index in [1.165, 1.54) is 43.9 Å². The molecule has 0 bridgehead atoms. The first-order valence-electron chi connectivity index (χ1n) is 5.66. The lowest BCUT2D eigenvalue weighted by Crippen LogP contribution is -2.12. The van der Waals surface area contributed by atoms with Crippen molar-refractivity contribution in [3.63, 3.8) is 0 Å². The number of allylic oxidation sites excluding steroid dienone is 1. The molecule has 0 aliphatic heterocycles. The number of rotatable bonds is 3. The molecule has 1 aliphatic carbocycles. The van der Waals surface area contributed by atoms with E-state index in [2.05, 4.69) is 13.5 Å². The van der Waals surface area contributed by atoms with Gasteiger partial charge in [0.15, 0.2) is 0 Å². The lowest BCUT2D eigenvalue weighted by molar-refractivity contribution is -0.133. The summed E-state index contributed by atoms with van der Waals surface area (Å²) in [4.78, 5) is 11.5. The number of hydrogen-bond acceptors (Lipinski definition) is 2. The molecule has 0 aromatic rings. The highest BCUT2D eigenvalue weighted by Crippen LogP contribution is 2.31. The van der Waals surface area contributed by atoms with E-state index in [9.17, 15) is 4.79 Å². The summed E-state index contributed by atoms with van der Waals surface area (Å²) in [7, 11) is 0. The zero-order chi connectivity index (χ0) is 11.3. The highest BCUT2D eigenvalue weighted by molar-refractivity contribution is 5.89. The maximum atomic E-state index is 11.5. The molecule has 0 aromatic heterocycles. The van der Waals surface area contributed by atoms with Gasteiger partial charge in [0.25, 0.3) is 0 Å². The van der Waals surface area contributed by atoms with E-state index in [1.807, 2.05) is 6.92 Å². The van der Waals surface area contributed by atoms with Gasteiger partial charge in [-0.1, -0.05) is 31.4 Å². The van der Waals surface area contributed by atoms with Gasteiger partial charge < -0.3 is 4.74 Å². The van der Waals surface area contributed by atoms with Crippen molar-refractivity contribution in [1.82, 2.24) is 0 Å². The molecule has 0 radical (unpaired) electrons. The third-order valence-corrected chi connectivity index (χ3v) is 3.31. The van der Waals surface area contributed by atoms with Crippen LogP contribution >= 0.6 is 0 Å². The summed E-state index contributed by atoms with van der Waals surface area (Å²) in [6, 6.07) is 0. The van der Waals surface area contributed by atoms with Crippen LogP contribution in [0.4, 0.5) is 0 Å². The topological polar surface area (TPSA) is 26.3 Å². The van der Waals surface area contributed by atoms with Crippen molar-refractivity contribution < 1.29 is 9.53 Å². The van der Waals surface area contributed by atoms with Crippen molar-refractivity contribution >= 4 is 5.97 Å². The molecule has 0 spiro atoms. The molecule has 84 valence electrons. The molecule has 0 atom stereocenters. The van der Waals surface area contributed by atoms with Crippen LogP contribution in [-0.2, 0) is 9.53 Å². The monoisotopic (exact) mass is 208 g/mol. The SMILES string of the molecule is C=COC(=O)C(C)=C(C)C1CCCCC1. The van der Waals surface area contributed by atoms with Gasteiger partial charge in [-0.3, -0.25) is 0 Å². The van der Waals surface area contributed by atoms with Crippen LogP contribution in [0.3, 0.4) is 0 Å². The van der Waals surface area contributed by atoms with Crippen LogP contribution in [0.25, 0.3) is 0 Å². The molecule has 1 rings (SSSR count). The zero-order valence-electron chi connectivity index (χ0n) is 9.71. The largest absolute Gasteiger partial charge is 0.432 e. The molecule has 0 heterocycles. The van der Waals surface area contributed by atoms with Crippen molar-refractivity contribution in [3.05, 3.63) is 24.0 Å². The second-order valence-corrected chi connectivity index (χ2v) is 4.21. The number of hydrogen-bond donors (Lipinski definition) is 0. The number of ether oxygens (including phenoxy) is 1. The number of carbonyl (C=O) groups excluding carboxylic acids is 1. The highest BCUT2D eigenvalue weighted by Gasteiger charge is 2.19. The average Bonchev–Trinajstić information content (AvgIpc) is 2.28. The first-order valence-corrected chi connectivity index (χ1v) is 5.66. The summed E-state index contributed by atoms with van der Waals surface area (Å²) in [5.41, 5.74) is 1.95. The van der Waals surface area contributed by atoms with Crippen molar-refractivity contribution in [3.8, 4) is 0 Å². The van der Waals surface area contributed by atoms with E-state index in [0.29, 0.717) is 5.92 Å². The second-order valence-electron chi connectivity index (χ2n) is 4.21. The molecule has 0 aromatic carbocycles. The van der Waals surface area contributed by atoms with Gasteiger partial charge >= 0.3 is 5.97 Å². The maximum Gasteiger partial charge on any atom is 0.338 e. The molecule has 0 saturated heterocycles. The second kappa shape index (κ2) is 5.74. The third-order valence-electron chi connectivity index (χ3n) is 3.31. The van der Waals surface area contributed by atoms with Crippen molar-refractivity contribution in [2.24, 2.45) is 5.92 Å².